The second-order valence-corrected chi connectivity index (χ2v) is 8.23. The van der Waals surface area contributed by atoms with Crippen LogP contribution in [0.3, 0.4) is 0 Å². The summed E-state index contributed by atoms with van der Waals surface area (Å²) in [4.78, 5) is 0. The normalized spacial score (nSPS) is 9.62. The molecule has 0 saturated carbocycles. The molecule has 0 aromatic rings. The zero-order chi connectivity index (χ0) is 16.6. The second-order valence-electron chi connectivity index (χ2n) is 3.24. The van der Waals surface area contributed by atoms with E-state index in [1.807, 2.05) is 0 Å². The summed E-state index contributed by atoms with van der Waals surface area (Å²) in [6.45, 7) is 5.24. The van der Waals surface area contributed by atoms with E-state index >= 15 is 0 Å². The van der Waals surface area contributed by atoms with Gasteiger partial charge in [-0.25, -0.2) is 0 Å². The molecule has 0 radical (unpaired) electrons. The van der Waals surface area contributed by atoms with Crippen molar-refractivity contribution >= 4 is 28.5 Å². The quantitative estimate of drug-likeness (QED) is 0.312. The molecule has 0 aliphatic carbocycles. The van der Waals surface area contributed by atoms with Crippen molar-refractivity contribution in [1.82, 2.24) is 0 Å². The van der Waals surface area contributed by atoms with Gasteiger partial charge in [0.2, 0.25) is 0 Å². The molecule has 6 nitrogen and oxygen atoms in total. The van der Waals surface area contributed by atoms with Crippen molar-refractivity contribution in [3.05, 3.63) is 0 Å². The summed E-state index contributed by atoms with van der Waals surface area (Å²) in [6, 6.07) is 0. The summed E-state index contributed by atoms with van der Waals surface area (Å²) in [7, 11) is 7.86. The van der Waals surface area contributed by atoms with Crippen molar-refractivity contribution in [2.24, 2.45) is 0 Å². The Labute approximate surface area is 148 Å². The average molecular weight is 487 g/mol. The van der Waals surface area contributed by atoms with Crippen LogP contribution in [0.25, 0.3) is 0 Å². The maximum atomic E-state index is 5.06. The van der Waals surface area contributed by atoms with Crippen molar-refractivity contribution in [2.75, 3.05) is 81.3 Å². The van der Waals surface area contributed by atoms with Crippen LogP contribution < -0.4 is 0 Å². The zero-order valence-corrected chi connectivity index (χ0v) is 17.3. The summed E-state index contributed by atoms with van der Waals surface area (Å²) in [5.41, 5.74) is 0. The van der Waals surface area contributed by atoms with Gasteiger partial charge in [0.05, 0.1) is 52.9 Å². The third-order valence-corrected chi connectivity index (χ3v) is 1.73. The number of methoxy groups -OCH3 is 4. The molecule has 0 N–H and O–H groups in total. The van der Waals surface area contributed by atoms with Crippen LogP contribution in [0.4, 0.5) is 0 Å². The fraction of sp³-hybridized carbons (Fsp3) is 1.00. The van der Waals surface area contributed by atoms with E-state index in [2.05, 4.69) is 28.5 Å². The maximum absolute atomic E-state index is 5.06. The van der Waals surface area contributed by atoms with E-state index in [9.17, 15) is 0 Å². The summed E-state index contributed by atoms with van der Waals surface area (Å²) >= 11 is 6.00. The Morgan fingerprint density at radius 1 is 0.524 bits per heavy atom. The molecule has 0 saturated heterocycles. The van der Waals surface area contributed by atoms with E-state index in [4.69, 9.17) is 28.4 Å². The number of rotatable bonds is 12. The first-order valence-electron chi connectivity index (χ1n) is 6.18. The Morgan fingerprint density at radius 3 is 0.857 bits per heavy atom. The van der Waals surface area contributed by atoms with Gasteiger partial charge in [0, 0.05) is 28.4 Å². The minimum atomic E-state index is 0.653. The number of hydrogen-bond donors (Lipinski definition) is 0. The van der Waals surface area contributed by atoms with Gasteiger partial charge in [-0.05, 0) is 0 Å². The van der Waals surface area contributed by atoms with Gasteiger partial charge < -0.3 is 28.4 Å². The SMILES string of the molecule is COCCOCCOC.COCCOCCOC.[Br][Ni][Br]. The van der Waals surface area contributed by atoms with Gasteiger partial charge in [0.1, 0.15) is 0 Å². The summed E-state index contributed by atoms with van der Waals surface area (Å²) in [5.74, 6) is 0. The summed E-state index contributed by atoms with van der Waals surface area (Å²) in [6.07, 6.45) is 0. The van der Waals surface area contributed by atoms with Crippen LogP contribution in [0.2, 0.25) is 0 Å². The van der Waals surface area contributed by atoms with Crippen LogP contribution in [0.5, 0.6) is 0 Å². The Bertz CT molecular complexity index is 123. The molecule has 0 bridgehead atoms. The topological polar surface area (TPSA) is 55.4 Å². The van der Waals surface area contributed by atoms with Crippen LogP contribution in [0, 0.1) is 0 Å². The molecule has 136 valence electrons. The van der Waals surface area contributed by atoms with E-state index in [0.717, 1.165) is 0 Å². The Kier molecular flexibility index (Phi) is 42.5. The number of ether oxygens (including phenoxy) is 6. The molecule has 0 aliphatic rings. The molecule has 0 aromatic carbocycles. The van der Waals surface area contributed by atoms with Crippen molar-refractivity contribution in [2.45, 2.75) is 0 Å². The third-order valence-electron chi connectivity index (χ3n) is 1.73. The summed E-state index contributed by atoms with van der Waals surface area (Å²) < 4.78 is 29.2. The fourth-order valence-electron chi connectivity index (χ4n) is 0.773. The first-order chi connectivity index (χ1) is 10.2. The third kappa shape index (κ3) is 44.9. The Morgan fingerprint density at radius 2 is 0.714 bits per heavy atom. The van der Waals surface area contributed by atoms with E-state index in [-0.39, 0.29) is 0 Å². The minimum absolute atomic E-state index is 0.653. The first kappa shape index (κ1) is 27.1. The van der Waals surface area contributed by atoms with Gasteiger partial charge in [0.25, 0.3) is 0 Å². The van der Waals surface area contributed by atoms with Gasteiger partial charge in [-0.2, -0.15) is 0 Å². The van der Waals surface area contributed by atoms with Crippen molar-refractivity contribution in [3.63, 3.8) is 0 Å². The molecule has 0 aliphatic heterocycles. The van der Waals surface area contributed by atoms with Gasteiger partial charge in [-0.15, -0.1) is 0 Å². The average Bonchev–Trinajstić information content (AvgIpc) is 2.49. The fourth-order valence-corrected chi connectivity index (χ4v) is 0.773. The molecule has 0 unspecified atom stereocenters. The van der Waals surface area contributed by atoms with E-state index in [1.54, 1.807) is 28.4 Å². The van der Waals surface area contributed by atoms with Crippen molar-refractivity contribution < 1.29 is 39.3 Å². The van der Waals surface area contributed by atoms with Gasteiger partial charge >= 0.3 is 39.3 Å². The van der Waals surface area contributed by atoms with E-state index in [1.165, 1.54) is 10.9 Å². The molecule has 0 aromatic heterocycles. The molecule has 0 atom stereocenters. The molecule has 0 fully saturated rings. The van der Waals surface area contributed by atoms with Crippen LogP contribution in [0.1, 0.15) is 0 Å². The molecule has 0 spiro atoms. The molecule has 0 amide bonds. The first-order valence-corrected chi connectivity index (χ1v) is 11.1. The Hall–Kier alpha value is 1.21. The predicted molar refractivity (Wildman–Crippen MR) is 87.0 cm³/mol. The Balaban J connectivity index is -0.000000260. The standard InChI is InChI=1S/2C6H14O3.2BrH.Ni/c2*1-7-3-5-9-6-4-8-2;;;/h2*3-6H2,1-2H3;2*1H;/q;;;;+2/p-2. The zero-order valence-electron chi connectivity index (χ0n) is 13.2. The van der Waals surface area contributed by atoms with Crippen LogP contribution in [0.15, 0.2) is 0 Å². The van der Waals surface area contributed by atoms with Crippen molar-refractivity contribution in [3.8, 4) is 0 Å². The molecule has 0 heterocycles. The number of hydrogen-bond acceptors (Lipinski definition) is 6. The van der Waals surface area contributed by atoms with Crippen LogP contribution >= 0.6 is 28.5 Å². The summed E-state index contributed by atoms with van der Waals surface area (Å²) in [5, 5.41) is 0. The van der Waals surface area contributed by atoms with Gasteiger partial charge in [-0.1, -0.05) is 0 Å². The molecule has 21 heavy (non-hydrogen) atoms. The van der Waals surface area contributed by atoms with Crippen LogP contribution in [-0.4, -0.2) is 81.3 Å². The second kappa shape index (κ2) is 33.0. The van der Waals surface area contributed by atoms with E-state index in [0.29, 0.717) is 52.9 Å². The van der Waals surface area contributed by atoms with Gasteiger partial charge in [-0.3, -0.25) is 0 Å². The van der Waals surface area contributed by atoms with Gasteiger partial charge in [0.15, 0.2) is 0 Å². The monoisotopic (exact) mass is 484 g/mol. The van der Waals surface area contributed by atoms with E-state index < -0.39 is 0 Å². The molecular formula is C12H28Br2NiO6. The number of halogens is 2. The molecule has 0 rings (SSSR count). The molecular weight excluding hydrogens is 459 g/mol. The van der Waals surface area contributed by atoms with Crippen LogP contribution in [-0.2, 0) is 39.3 Å². The van der Waals surface area contributed by atoms with Crippen molar-refractivity contribution in [1.29, 1.82) is 0 Å². The molecule has 9 heteroatoms. The predicted octanol–water partition coefficient (Wildman–Crippen LogP) is 2.28.